The van der Waals surface area contributed by atoms with E-state index in [4.69, 9.17) is 0 Å². The Labute approximate surface area is 143 Å². The van der Waals surface area contributed by atoms with Gasteiger partial charge in [-0.3, -0.25) is 4.79 Å². The van der Waals surface area contributed by atoms with Crippen molar-refractivity contribution >= 4 is 21.6 Å². The van der Waals surface area contributed by atoms with Gasteiger partial charge in [0.15, 0.2) is 0 Å². The van der Waals surface area contributed by atoms with E-state index in [1.165, 1.54) is 29.8 Å². The maximum atomic E-state index is 12.2. The summed E-state index contributed by atoms with van der Waals surface area (Å²) in [7, 11) is -3.50. The lowest BCUT2D eigenvalue weighted by Crippen LogP contribution is -2.23. The molecule has 0 fully saturated rings. The average molecular weight is 346 g/mol. The monoisotopic (exact) mass is 346 g/mol. The topological polar surface area (TPSA) is 75.3 Å². The number of anilines is 1. The Kier molecular flexibility index (Phi) is 6.11. The van der Waals surface area contributed by atoms with Gasteiger partial charge >= 0.3 is 0 Å². The van der Waals surface area contributed by atoms with Crippen molar-refractivity contribution in [3.63, 3.8) is 0 Å². The molecule has 0 aliphatic rings. The van der Waals surface area contributed by atoms with Crippen molar-refractivity contribution in [2.24, 2.45) is 0 Å². The third-order valence-corrected chi connectivity index (χ3v) is 5.07. The Morgan fingerprint density at radius 2 is 1.58 bits per heavy atom. The van der Waals surface area contributed by atoms with Gasteiger partial charge in [0.05, 0.1) is 4.90 Å². The summed E-state index contributed by atoms with van der Waals surface area (Å²) < 4.78 is 26.2. The molecule has 5 nitrogen and oxygen atoms in total. The molecule has 6 heteroatoms. The van der Waals surface area contributed by atoms with Gasteiger partial charge in [-0.15, -0.1) is 0 Å². The smallest absolute Gasteiger partial charge is 0.255 e. The molecule has 0 spiro atoms. The number of hydrogen-bond donors (Lipinski definition) is 2. The minimum Gasteiger partial charge on any atom is -0.322 e. The van der Waals surface area contributed by atoms with Crippen molar-refractivity contribution in [3.05, 3.63) is 59.7 Å². The second-order valence-corrected chi connectivity index (χ2v) is 7.19. The molecule has 2 N–H and O–H groups in total. The largest absolute Gasteiger partial charge is 0.322 e. The summed E-state index contributed by atoms with van der Waals surface area (Å²) in [5, 5.41) is 2.81. The van der Waals surface area contributed by atoms with Gasteiger partial charge in [0, 0.05) is 17.8 Å². The third kappa shape index (κ3) is 4.66. The quantitative estimate of drug-likeness (QED) is 0.808. The molecule has 2 aromatic carbocycles. The number of sulfonamides is 1. The Morgan fingerprint density at radius 1 is 0.958 bits per heavy atom. The highest BCUT2D eigenvalue weighted by atomic mass is 32.2. The Morgan fingerprint density at radius 3 is 2.12 bits per heavy atom. The molecule has 2 aromatic rings. The molecule has 0 bridgehead atoms. The average Bonchev–Trinajstić information content (AvgIpc) is 2.57. The third-order valence-electron chi connectivity index (χ3n) is 3.51. The highest BCUT2D eigenvalue weighted by Gasteiger charge is 2.13. The van der Waals surface area contributed by atoms with Crippen LogP contribution < -0.4 is 10.0 Å². The maximum Gasteiger partial charge on any atom is 0.255 e. The fourth-order valence-electron chi connectivity index (χ4n) is 2.31. The number of nitrogens with one attached hydrogen (secondary N) is 2. The van der Waals surface area contributed by atoms with Crippen LogP contribution in [0.4, 0.5) is 5.69 Å². The zero-order valence-electron chi connectivity index (χ0n) is 13.9. The minimum absolute atomic E-state index is 0.143. The van der Waals surface area contributed by atoms with Gasteiger partial charge in [-0.1, -0.05) is 32.4 Å². The fourth-order valence-corrected chi connectivity index (χ4v) is 3.35. The van der Waals surface area contributed by atoms with Gasteiger partial charge in [-0.25, -0.2) is 13.1 Å². The van der Waals surface area contributed by atoms with Crippen molar-refractivity contribution < 1.29 is 13.2 Å². The van der Waals surface area contributed by atoms with Gasteiger partial charge in [-0.05, 0) is 48.4 Å². The van der Waals surface area contributed by atoms with Gasteiger partial charge < -0.3 is 5.32 Å². The van der Waals surface area contributed by atoms with E-state index in [2.05, 4.69) is 17.0 Å². The highest BCUT2D eigenvalue weighted by molar-refractivity contribution is 7.89. The first-order valence-electron chi connectivity index (χ1n) is 7.96. The lowest BCUT2D eigenvalue weighted by molar-refractivity contribution is 0.102. The number of aryl methyl sites for hydroxylation is 1. The predicted octanol–water partition coefficient (Wildman–Crippen LogP) is 3.19. The molecule has 0 heterocycles. The molecule has 0 aliphatic heterocycles. The number of carbonyl (C=O) groups is 1. The molecule has 128 valence electrons. The van der Waals surface area contributed by atoms with E-state index in [9.17, 15) is 13.2 Å². The first-order valence-corrected chi connectivity index (χ1v) is 9.44. The van der Waals surface area contributed by atoms with Crippen LogP contribution in [0.5, 0.6) is 0 Å². The number of carbonyl (C=O) groups excluding carboxylic acids is 1. The van der Waals surface area contributed by atoms with Crippen LogP contribution in [0.3, 0.4) is 0 Å². The molecule has 0 aromatic heterocycles. The lowest BCUT2D eigenvalue weighted by atomic mass is 10.1. The van der Waals surface area contributed by atoms with Crippen LogP contribution in [0.2, 0.25) is 0 Å². The molecule has 0 unspecified atom stereocenters. The van der Waals surface area contributed by atoms with Gasteiger partial charge in [0.1, 0.15) is 0 Å². The first-order chi connectivity index (χ1) is 11.5. The van der Waals surface area contributed by atoms with E-state index < -0.39 is 10.0 Å². The summed E-state index contributed by atoms with van der Waals surface area (Å²) in [6.45, 7) is 4.15. The van der Waals surface area contributed by atoms with E-state index in [0.29, 0.717) is 17.8 Å². The van der Waals surface area contributed by atoms with Crippen molar-refractivity contribution in [1.82, 2.24) is 4.72 Å². The Hall–Kier alpha value is -2.18. The SMILES string of the molecule is CCCc1ccc(NC(=O)c2ccc(S(=O)(=O)NCC)cc2)cc1. The van der Waals surface area contributed by atoms with E-state index >= 15 is 0 Å². The summed E-state index contributed by atoms with van der Waals surface area (Å²) in [6.07, 6.45) is 2.09. The summed E-state index contributed by atoms with van der Waals surface area (Å²) in [6, 6.07) is 13.6. The predicted molar refractivity (Wildman–Crippen MR) is 95.7 cm³/mol. The van der Waals surface area contributed by atoms with Crippen molar-refractivity contribution in [1.29, 1.82) is 0 Å². The van der Waals surface area contributed by atoms with Crippen LogP contribution in [-0.4, -0.2) is 20.9 Å². The minimum atomic E-state index is -3.50. The molecule has 0 saturated heterocycles. The van der Waals surface area contributed by atoms with E-state index in [1.807, 2.05) is 24.3 Å². The molecular weight excluding hydrogens is 324 g/mol. The van der Waals surface area contributed by atoms with Crippen LogP contribution in [-0.2, 0) is 16.4 Å². The van der Waals surface area contributed by atoms with Crippen molar-refractivity contribution in [2.75, 3.05) is 11.9 Å². The van der Waals surface area contributed by atoms with Crippen molar-refractivity contribution in [3.8, 4) is 0 Å². The number of rotatable bonds is 7. The fraction of sp³-hybridized carbons (Fsp3) is 0.278. The van der Waals surface area contributed by atoms with Crippen LogP contribution in [0.1, 0.15) is 36.2 Å². The van der Waals surface area contributed by atoms with E-state index in [1.54, 1.807) is 6.92 Å². The Balaban J connectivity index is 2.07. The zero-order chi connectivity index (χ0) is 17.6. The first kappa shape index (κ1) is 18.2. The van der Waals surface area contributed by atoms with Crippen molar-refractivity contribution in [2.45, 2.75) is 31.6 Å². The van der Waals surface area contributed by atoms with Crippen LogP contribution in [0.25, 0.3) is 0 Å². The zero-order valence-corrected chi connectivity index (χ0v) is 14.7. The van der Waals surface area contributed by atoms with Gasteiger partial charge in [-0.2, -0.15) is 0 Å². The summed E-state index contributed by atoms with van der Waals surface area (Å²) in [4.78, 5) is 12.4. The van der Waals surface area contributed by atoms with E-state index in [0.717, 1.165) is 12.8 Å². The molecular formula is C18H22N2O3S. The summed E-state index contributed by atoms with van der Waals surface area (Å²) in [5.74, 6) is -0.273. The molecule has 0 aliphatic carbocycles. The number of benzene rings is 2. The van der Waals surface area contributed by atoms with Crippen LogP contribution >= 0.6 is 0 Å². The molecule has 0 radical (unpaired) electrons. The van der Waals surface area contributed by atoms with E-state index in [-0.39, 0.29) is 10.8 Å². The van der Waals surface area contributed by atoms with Gasteiger partial charge in [0.25, 0.3) is 5.91 Å². The van der Waals surface area contributed by atoms with Gasteiger partial charge in [0.2, 0.25) is 10.0 Å². The molecule has 1 amide bonds. The number of amides is 1. The summed E-state index contributed by atoms with van der Waals surface area (Å²) >= 11 is 0. The van der Waals surface area contributed by atoms with Crippen LogP contribution in [0, 0.1) is 0 Å². The number of hydrogen-bond acceptors (Lipinski definition) is 3. The standard InChI is InChI=1S/C18H22N2O3S/c1-3-5-14-6-10-16(11-7-14)20-18(21)15-8-12-17(13-9-15)24(22,23)19-4-2/h6-13,19H,3-5H2,1-2H3,(H,20,21). The molecule has 24 heavy (non-hydrogen) atoms. The molecule has 0 atom stereocenters. The second kappa shape index (κ2) is 8.08. The normalized spacial score (nSPS) is 11.2. The maximum absolute atomic E-state index is 12.2. The summed E-state index contributed by atoms with van der Waals surface area (Å²) in [5.41, 5.74) is 2.35. The molecule has 2 rings (SSSR count). The lowest BCUT2D eigenvalue weighted by Gasteiger charge is -2.08. The Bertz CT molecular complexity index is 782. The molecule has 0 saturated carbocycles. The van der Waals surface area contributed by atoms with Crippen LogP contribution in [0.15, 0.2) is 53.4 Å². The highest BCUT2D eigenvalue weighted by Crippen LogP contribution is 2.14. The second-order valence-electron chi connectivity index (χ2n) is 5.43.